The van der Waals surface area contributed by atoms with Gasteiger partial charge in [-0.15, -0.1) is 0 Å². The van der Waals surface area contributed by atoms with Gasteiger partial charge in [-0.25, -0.2) is 12.7 Å². The molecule has 23 heavy (non-hydrogen) atoms. The Balaban J connectivity index is 2.24. The van der Waals surface area contributed by atoms with Crippen LogP contribution in [-0.2, 0) is 14.8 Å². The largest absolute Gasteiger partial charge is 0.303 e. The van der Waals surface area contributed by atoms with Gasteiger partial charge < -0.3 is 4.79 Å². The smallest absolute Gasteiger partial charge is 0.242 e. The molecule has 2 aromatic rings. The molecular weight excluding hydrogens is 334 g/mol. The van der Waals surface area contributed by atoms with E-state index in [0.717, 1.165) is 11.8 Å². The van der Waals surface area contributed by atoms with Crippen LogP contribution in [0.15, 0.2) is 59.5 Å². The van der Waals surface area contributed by atoms with Gasteiger partial charge >= 0.3 is 0 Å². The lowest BCUT2D eigenvalue weighted by Gasteiger charge is -2.23. The molecule has 6 heteroatoms. The Morgan fingerprint density at radius 1 is 1.13 bits per heavy atom. The number of carbonyl (C=O) groups excluding carboxylic acids is 1. The van der Waals surface area contributed by atoms with Gasteiger partial charge in [-0.2, -0.15) is 0 Å². The molecule has 0 saturated heterocycles. The lowest BCUT2D eigenvalue weighted by atomic mass is 9.96. The number of carbonyl (C=O) groups is 1. The summed E-state index contributed by atoms with van der Waals surface area (Å²) in [5, 5.41) is 0.562. The molecule has 0 heterocycles. The van der Waals surface area contributed by atoms with Crippen LogP contribution in [0.4, 0.5) is 0 Å². The van der Waals surface area contributed by atoms with Crippen molar-refractivity contribution in [2.24, 2.45) is 0 Å². The summed E-state index contributed by atoms with van der Waals surface area (Å²) in [6.45, 7) is 0.205. The van der Waals surface area contributed by atoms with Crippen molar-refractivity contribution in [3.05, 3.63) is 65.2 Å². The highest BCUT2D eigenvalue weighted by Crippen LogP contribution is 2.25. The van der Waals surface area contributed by atoms with E-state index in [1.54, 1.807) is 48.5 Å². The molecule has 0 spiro atoms. The lowest BCUT2D eigenvalue weighted by molar-refractivity contribution is -0.108. The third-order valence-electron chi connectivity index (χ3n) is 3.63. The Morgan fingerprint density at radius 2 is 1.83 bits per heavy atom. The number of halogens is 1. The molecule has 0 aliphatic carbocycles. The maximum Gasteiger partial charge on any atom is 0.242 e. The van der Waals surface area contributed by atoms with E-state index in [2.05, 4.69) is 0 Å². The second-order valence-corrected chi connectivity index (χ2v) is 7.73. The van der Waals surface area contributed by atoms with Crippen molar-refractivity contribution in [1.29, 1.82) is 0 Å². The molecule has 0 aliphatic rings. The zero-order chi connectivity index (χ0) is 16.9. The average molecular weight is 352 g/mol. The number of hydrogen-bond donors (Lipinski definition) is 0. The summed E-state index contributed by atoms with van der Waals surface area (Å²) in [6, 6.07) is 15.4. The fourth-order valence-electron chi connectivity index (χ4n) is 2.37. The van der Waals surface area contributed by atoms with Crippen molar-refractivity contribution < 1.29 is 13.2 Å². The van der Waals surface area contributed by atoms with E-state index in [0.29, 0.717) is 5.02 Å². The quantitative estimate of drug-likeness (QED) is 0.719. The second-order valence-electron chi connectivity index (χ2n) is 5.25. The minimum absolute atomic E-state index is 0.205. The maximum absolute atomic E-state index is 12.6. The van der Waals surface area contributed by atoms with Crippen molar-refractivity contribution in [2.75, 3.05) is 13.6 Å². The molecule has 0 radical (unpaired) electrons. The number of hydrogen-bond acceptors (Lipinski definition) is 3. The number of aldehydes is 1. The zero-order valence-electron chi connectivity index (χ0n) is 12.7. The van der Waals surface area contributed by atoms with E-state index >= 15 is 0 Å². The molecule has 2 aromatic carbocycles. The molecule has 4 nitrogen and oxygen atoms in total. The highest BCUT2D eigenvalue weighted by Gasteiger charge is 2.24. The molecular formula is C17H18ClNO3S. The first-order valence-electron chi connectivity index (χ1n) is 7.15. The molecule has 0 saturated carbocycles. The van der Waals surface area contributed by atoms with Crippen LogP contribution < -0.4 is 0 Å². The zero-order valence-corrected chi connectivity index (χ0v) is 14.3. The minimum atomic E-state index is -3.59. The van der Waals surface area contributed by atoms with Gasteiger partial charge in [0, 0.05) is 31.0 Å². The normalized spacial score (nSPS) is 13.0. The monoisotopic (exact) mass is 351 g/mol. The Bertz CT molecular complexity index is 762. The van der Waals surface area contributed by atoms with E-state index < -0.39 is 10.0 Å². The topological polar surface area (TPSA) is 54.5 Å². The van der Waals surface area contributed by atoms with Crippen molar-refractivity contribution >= 4 is 27.9 Å². The Hall–Kier alpha value is -1.69. The molecule has 0 aromatic heterocycles. The number of nitrogens with zero attached hydrogens (tertiary/aromatic N) is 1. The van der Waals surface area contributed by atoms with E-state index in [9.17, 15) is 13.2 Å². The molecule has 0 fully saturated rings. The SMILES string of the molecule is CN(CC(CC=O)c1cccc(Cl)c1)S(=O)(=O)c1ccccc1. The van der Waals surface area contributed by atoms with Crippen molar-refractivity contribution in [2.45, 2.75) is 17.2 Å². The van der Waals surface area contributed by atoms with Gasteiger partial charge in [-0.3, -0.25) is 0 Å². The van der Waals surface area contributed by atoms with Crippen LogP contribution in [0.1, 0.15) is 17.9 Å². The summed E-state index contributed by atoms with van der Waals surface area (Å²) in [7, 11) is -2.07. The first-order valence-corrected chi connectivity index (χ1v) is 8.97. The van der Waals surface area contributed by atoms with Gasteiger partial charge in [-0.05, 0) is 29.8 Å². The molecule has 0 amide bonds. The summed E-state index contributed by atoms with van der Waals surface area (Å²) in [5.74, 6) is -0.241. The van der Waals surface area contributed by atoms with Crippen LogP contribution in [0.5, 0.6) is 0 Å². The predicted octanol–water partition coefficient (Wildman–Crippen LogP) is 3.33. The molecule has 0 aliphatic heterocycles. The van der Waals surface area contributed by atoms with Crippen LogP contribution in [0.2, 0.25) is 5.02 Å². The average Bonchev–Trinajstić information content (AvgIpc) is 2.55. The molecule has 122 valence electrons. The van der Waals surface area contributed by atoms with Gasteiger partial charge in [0.25, 0.3) is 0 Å². The second kappa shape index (κ2) is 7.73. The van der Waals surface area contributed by atoms with Gasteiger partial charge in [0.15, 0.2) is 0 Å². The highest BCUT2D eigenvalue weighted by molar-refractivity contribution is 7.89. The van der Waals surface area contributed by atoms with Crippen LogP contribution in [0, 0.1) is 0 Å². The van der Waals surface area contributed by atoms with Gasteiger partial charge in [-0.1, -0.05) is 41.9 Å². The first kappa shape index (κ1) is 17.7. The third-order valence-corrected chi connectivity index (χ3v) is 5.70. The van der Waals surface area contributed by atoms with Crippen molar-refractivity contribution in [3.63, 3.8) is 0 Å². The fraction of sp³-hybridized carbons (Fsp3) is 0.235. The summed E-state index contributed by atoms with van der Waals surface area (Å²) in [4.78, 5) is 11.2. The number of sulfonamides is 1. The first-order chi connectivity index (χ1) is 10.9. The summed E-state index contributed by atoms with van der Waals surface area (Å²) < 4.78 is 26.4. The Labute approximate surface area is 141 Å². The third kappa shape index (κ3) is 4.41. The van der Waals surface area contributed by atoms with Crippen molar-refractivity contribution in [1.82, 2.24) is 4.31 Å². The Kier molecular flexibility index (Phi) is 5.93. The summed E-state index contributed by atoms with van der Waals surface area (Å²) in [5.41, 5.74) is 0.847. The molecule has 1 atom stereocenters. The van der Waals surface area contributed by atoms with E-state index in [-0.39, 0.29) is 23.8 Å². The number of likely N-dealkylation sites (N-methyl/N-ethyl adjacent to an activating group) is 1. The van der Waals surface area contributed by atoms with Gasteiger partial charge in [0.1, 0.15) is 6.29 Å². The number of rotatable bonds is 7. The van der Waals surface area contributed by atoms with Crippen LogP contribution in [-0.4, -0.2) is 32.6 Å². The minimum Gasteiger partial charge on any atom is -0.303 e. The standard InChI is InChI=1S/C17H18ClNO3S/c1-19(23(21,22)17-8-3-2-4-9-17)13-15(10-11-20)14-6-5-7-16(18)12-14/h2-9,11-12,15H,10,13H2,1H3. The molecule has 0 N–H and O–H groups in total. The maximum atomic E-state index is 12.6. The predicted molar refractivity (Wildman–Crippen MR) is 91.1 cm³/mol. The molecule has 0 bridgehead atoms. The van der Waals surface area contributed by atoms with E-state index in [4.69, 9.17) is 11.6 Å². The van der Waals surface area contributed by atoms with Crippen LogP contribution >= 0.6 is 11.6 Å². The fourth-order valence-corrected chi connectivity index (χ4v) is 3.81. The van der Waals surface area contributed by atoms with Crippen LogP contribution in [0.25, 0.3) is 0 Å². The number of benzene rings is 2. The van der Waals surface area contributed by atoms with E-state index in [1.807, 2.05) is 6.07 Å². The Morgan fingerprint density at radius 3 is 2.43 bits per heavy atom. The highest BCUT2D eigenvalue weighted by atomic mass is 35.5. The van der Waals surface area contributed by atoms with Gasteiger partial charge in [0.2, 0.25) is 10.0 Å². The molecule has 2 rings (SSSR count). The lowest BCUT2D eigenvalue weighted by Crippen LogP contribution is -2.31. The van der Waals surface area contributed by atoms with Gasteiger partial charge in [0.05, 0.1) is 4.90 Å². The van der Waals surface area contributed by atoms with Crippen LogP contribution in [0.3, 0.4) is 0 Å². The van der Waals surface area contributed by atoms with Crippen molar-refractivity contribution in [3.8, 4) is 0 Å². The summed E-state index contributed by atoms with van der Waals surface area (Å²) >= 11 is 5.99. The summed E-state index contributed by atoms with van der Waals surface area (Å²) in [6.07, 6.45) is 1.03. The van der Waals surface area contributed by atoms with E-state index in [1.165, 1.54) is 11.4 Å². The molecule has 1 unspecified atom stereocenters.